The van der Waals surface area contributed by atoms with E-state index in [0.717, 1.165) is 31.1 Å². The monoisotopic (exact) mass is 273 g/mol. The first-order chi connectivity index (χ1) is 9.63. The summed E-state index contributed by atoms with van der Waals surface area (Å²) in [6.07, 6.45) is 0.871. The number of rotatable bonds is 1. The fourth-order valence-electron chi connectivity index (χ4n) is 3.02. The van der Waals surface area contributed by atoms with Gasteiger partial charge >= 0.3 is 0 Å². The third kappa shape index (κ3) is 2.59. The fraction of sp³-hybridized carbons (Fsp3) is 0.294. The van der Waals surface area contributed by atoms with Crippen molar-refractivity contribution in [1.29, 1.82) is 0 Å². The maximum absolute atomic E-state index is 13.5. The molecule has 0 fully saturated rings. The molecule has 3 rings (SSSR count). The van der Waals surface area contributed by atoms with E-state index in [0.29, 0.717) is 0 Å². The molecule has 2 aromatic rings. The Labute approximate surface area is 117 Å². The summed E-state index contributed by atoms with van der Waals surface area (Å²) in [5.74, 6) is -0.952. The molecular weight excluding hydrogens is 256 g/mol. The number of hydrogen-bond acceptors (Lipinski definition) is 1. The summed E-state index contributed by atoms with van der Waals surface area (Å²) >= 11 is 0. The average molecular weight is 273 g/mol. The second kappa shape index (κ2) is 5.33. The average Bonchev–Trinajstić information content (AvgIpc) is 2.55. The van der Waals surface area contributed by atoms with Crippen LogP contribution >= 0.6 is 0 Å². The van der Waals surface area contributed by atoms with Crippen molar-refractivity contribution in [2.75, 3.05) is 13.6 Å². The zero-order chi connectivity index (χ0) is 14.1. The topological polar surface area (TPSA) is 3.24 Å². The van der Waals surface area contributed by atoms with E-state index in [1.165, 1.54) is 23.3 Å². The van der Waals surface area contributed by atoms with Crippen molar-refractivity contribution in [3.05, 3.63) is 70.8 Å². The predicted octanol–water partition coefficient (Wildman–Crippen LogP) is 3.93. The largest absolute Gasteiger partial charge is 0.302 e. The van der Waals surface area contributed by atoms with Crippen LogP contribution in [0.3, 0.4) is 0 Å². The third-order valence-corrected chi connectivity index (χ3v) is 3.96. The van der Waals surface area contributed by atoms with Gasteiger partial charge in [-0.15, -0.1) is 0 Å². The molecule has 0 aliphatic carbocycles. The van der Waals surface area contributed by atoms with Crippen LogP contribution in [0.4, 0.5) is 8.78 Å². The highest BCUT2D eigenvalue weighted by Crippen LogP contribution is 2.34. The van der Waals surface area contributed by atoms with Crippen molar-refractivity contribution in [2.24, 2.45) is 0 Å². The highest BCUT2D eigenvalue weighted by molar-refractivity contribution is 5.39. The van der Waals surface area contributed by atoms with Gasteiger partial charge in [-0.25, -0.2) is 8.78 Å². The Morgan fingerprint density at radius 3 is 2.50 bits per heavy atom. The van der Waals surface area contributed by atoms with Gasteiger partial charge < -0.3 is 4.90 Å². The van der Waals surface area contributed by atoms with E-state index < -0.39 is 11.6 Å². The molecule has 1 atom stereocenters. The van der Waals surface area contributed by atoms with E-state index in [1.54, 1.807) is 0 Å². The van der Waals surface area contributed by atoms with Gasteiger partial charge in [0.2, 0.25) is 0 Å². The lowest BCUT2D eigenvalue weighted by Gasteiger charge is -2.18. The van der Waals surface area contributed by atoms with E-state index in [2.05, 4.69) is 24.1 Å². The second-order valence-electron chi connectivity index (χ2n) is 5.48. The van der Waals surface area contributed by atoms with Gasteiger partial charge in [0.1, 0.15) is 11.6 Å². The summed E-state index contributed by atoms with van der Waals surface area (Å²) in [7, 11) is 2.07. The molecule has 1 aliphatic heterocycles. The molecule has 0 amide bonds. The highest BCUT2D eigenvalue weighted by atomic mass is 19.1. The molecule has 20 heavy (non-hydrogen) atoms. The van der Waals surface area contributed by atoms with Crippen molar-refractivity contribution in [3.63, 3.8) is 0 Å². The van der Waals surface area contributed by atoms with Gasteiger partial charge in [0, 0.05) is 18.5 Å². The van der Waals surface area contributed by atoms with Crippen LogP contribution in [-0.2, 0) is 6.54 Å². The quantitative estimate of drug-likeness (QED) is 0.761. The minimum atomic E-state index is -0.505. The van der Waals surface area contributed by atoms with Crippen LogP contribution in [0.25, 0.3) is 0 Å². The molecule has 1 unspecified atom stereocenters. The second-order valence-corrected chi connectivity index (χ2v) is 5.48. The normalized spacial score (nSPS) is 19.4. The standard InChI is InChI=1S/C17H17F2N/c1-20-7-6-17(13-8-14(18)10-15(19)9-13)16-5-3-2-4-12(16)11-20/h2-5,8-10,17H,6-7,11H2,1H3. The Morgan fingerprint density at radius 2 is 1.75 bits per heavy atom. The molecule has 0 aromatic heterocycles. The Balaban J connectivity index is 2.08. The molecule has 0 bridgehead atoms. The zero-order valence-electron chi connectivity index (χ0n) is 11.4. The SMILES string of the molecule is CN1CCC(c2cc(F)cc(F)c2)c2ccccc2C1. The molecule has 0 N–H and O–H groups in total. The van der Waals surface area contributed by atoms with Crippen LogP contribution in [-0.4, -0.2) is 18.5 Å². The van der Waals surface area contributed by atoms with Gasteiger partial charge in [0.25, 0.3) is 0 Å². The van der Waals surface area contributed by atoms with Gasteiger partial charge in [0.15, 0.2) is 0 Å². The lowest BCUT2D eigenvalue weighted by molar-refractivity contribution is 0.328. The van der Waals surface area contributed by atoms with E-state index in [1.807, 2.05) is 12.1 Å². The molecule has 3 heteroatoms. The van der Waals surface area contributed by atoms with E-state index >= 15 is 0 Å². The Bertz CT molecular complexity index is 604. The molecule has 0 spiro atoms. The summed E-state index contributed by atoms with van der Waals surface area (Å²) < 4.78 is 27.0. The van der Waals surface area contributed by atoms with Gasteiger partial charge in [0.05, 0.1) is 0 Å². The molecule has 1 nitrogen and oxygen atoms in total. The molecule has 0 saturated carbocycles. The summed E-state index contributed by atoms with van der Waals surface area (Å²) in [5.41, 5.74) is 3.15. The van der Waals surface area contributed by atoms with E-state index in [9.17, 15) is 8.78 Å². The van der Waals surface area contributed by atoms with Gasteiger partial charge in [-0.1, -0.05) is 24.3 Å². The van der Waals surface area contributed by atoms with Gasteiger partial charge in [-0.3, -0.25) is 0 Å². The lowest BCUT2D eigenvalue weighted by Crippen LogP contribution is -2.17. The zero-order valence-corrected chi connectivity index (χ0v) is 11.4. The molecule has 1 heterocycles. The Kier molecular flexibility index (Phi) is 3.53. The van der Waals surface area contributed by atoms with Crippen LogP contribution in [0.1, 0.15) is 29.0 Å². The van der Waals surface area contributed by atoms with Crippen molar-refractivity contribution in [3.8, 4) is 0 Å². The predicted molar refractivity (Wildman–Crippen MR) is 75.6 cm³/mol. The van der Waals surface area contributed by atoms with Gasteiger partial charge in [-0.05, 0) is 48.8 Å². The molecule has 0 radical (unpaired) electrons. The van der Waals surface area contributed by atoms with Crippen LogP contribution < -0.4 is 0 Å². The van der Waals surface area contributed by atoms with Crippen molar-refractivity contribution >= 4 is 0 Å². The summed E-state index contributed by atoms with van der Waals surface area (Å²) in [4.78, 5) is 2.24. The minimum Gasteiger partial charge on any atom is -0.302 e. The molecule has 1 aliphatic rings. The Hall–Kier alpha value is -1.74. The highest BCUT2D eigenvalue weighted by Gasteiger charge is 2.22. The first-order valence-corrected chi connectivity index (χ1v) is 6.86. The fourth-order valence-corrected chi connectivity index (χ4v) is 3.02. The number of hydrogen-bond donors (Lipinski definition) is 0. The molecular formula is C17H17F2N. The van der Waals surface area contributed by atoms with E-state index in [4.69, 9.17) is 0 Å². The third-order valence-electron chi connectivity index (χ3n) is 3.96. The number of nitrogens with zero attached hydrogens (tertiary/aromatic N) is 1. The molecule has 0 saturated heterocycles. The summed E-state index contributed by atoms with van der Waals surface area (Å²) in [6, 6.07) is 12.0. The van der Waals surface area contributed by atoms with Crippen LogP contribution in [0.5, 0.6) is 0 Å². The van der Waals surface area contributed by atoms with Crippen LogP contribution in [0, 0.1) is 11.6 Å². The lowest BCUT2D eigenvalue weighted by atomic mass is 9.86. The number of fused-ring (bicyclic) bond motifs is 1. The molecule has 104 valence electrons. The van der Waals surface area contributed by atoms with Crippen LogP contribution in [0.2, 0.25) is 0 Å². The smallest absolute Gasteiger partial charge is 0.126 e. The van der Waals surface area contributed by atoms with Crippen molar-refractivity contribution in [2.45, 2.75) is 18.9 Å². The Morgan fingerprint density at radius 1 is 1.05 bits per heavy atom. The number of benzene rings is 2. The summed E-state index contributed by atoms with van der Waals surface area (Å²) in [6.45, 7) is 1.79. The van der Waals surface area contributed by atoms with Crippen molar-refractivity contribution in [1.82, 2.24) is 4.90 Å². The maximum Gasteiger partial charge on any atom is 0.126 e. The first-order valence-electron chi connectivity index (χ1n) is 6.86. The maximum atomic E-state index is 13.5. The molecule has 2 aromatic carbocycles. The number of halogens is 2. The van der Waals surface area contributed by atoms with Crippen LogP contribution in [0.15, 0.2) is 42.5 Å². The van der Waals surface area contributed by atoms with E-state index in [-0.39, 0.29) is 5.92 Å². The minimum absolute atomic E-state index is 0.0568. The van der Waals surface area contributed by atoms with Gasteiger partial charge in [-0.2, -0.15) is 0 Å². The summed E-state index contributed by atoms with van der Waals surface area (Å²) in [5, 5.41) is 0. The first kappa shape index (κ1) is 13.3. The van der Waals surface area contributed by atoms with Crippen molar-refractivity contribution < 1.29 is 8.78 Å².